The number of morpholine rings is 1. The monoisotopic (exact) mass is 251 g/mol. The standard InChI is InChI=1S/C14H18ClNO/c1-10-6-11(7-15)2-5-14(10)16-8-12-3-4-13(9-16)17-12/h2,5-6,12-13H,3-4,7-9H2,1H3. The zero-order valence-electron chi connectivity index (χ0n) is 10.2. The van der Waals surface area contributed by atoms with Crippen LogP contribution in [0.1, 0.15) is 24.0 Å². The van der Waals surface area contributed by atoms with E-state index in [0.29, 0.717) is 18.1 Å². The quantitative estimate of drug-likeness (QED) is 0.749. The summed E-state index contributed by atoms with van der Waals surface area (Å²) >= 11 is 5.86. The van der Waals surface area contributed by atoms with Crippen molar-refractivity contribution in [2.75, 3.05) is 18.0 Å². The second-order valence-corrected chi connectivity index (χ2v) is 5.38. The molecule has 0 N–H and O–H groups in total. The molecule has 2 heterocycles. The molecule has 0 amide bonds. The van der Waals surface area contributed by atoms with Gasteiger partial charge in [-0.05, 0) is 37.0 Å². The Bertz CT molecular complexity index is 409. The first-order valence-corrected chi connectivity index (χ1v) is 6.85. The Balaban J connectivity index is 1.84. The van der Waals surface area contributed by atoms with E-state index in [1.165, 1.54) is 29.7 Å². The summed E-state index contributed by atoms with van der Waals surface area (Å²) in [6.45, 7) is 4.25. The molecule has 2 nitrogen and oxygen atoms in total. The summed E-state index contributed by atoms with van der Waals surface area (Å²) in [5.74, 6) is 0.593. The summed E-state index contributed by atoms with van der Waals surface area (Å²) in [5, 5.41) is 0. The molecule has 2 aliphatic rings. The maximum atomic E-state index is 5.87. The van der Waals surface area contributed by atoms with Crippen LogP contribution in [0.15, 0.2) is 18.2 Å². The van der Waals surface area contributed by atoms with Crippen molar-refractivity contribution < 1.29 is 4.74 Å². The highest BCUT2D eigenvalue weighted by Gasteiger charge is 2.34. The largest absolute Gasteiger partial charge is 0.371 e. The number of ether oxygens (including phenoxy) is 1. The summed E-state index contributed by atoms with van der Waals surface area (Å²) < 4.78 is 5.87. The van der Waals surface area contributed by atoms with Gasteiger partial charge in [0.25, 0.3) is 0 Å². The number of anilines is 1. The van der Waals surface area contributed by atoms with Gasteiger partial charge in [0.1, 0.15) is 0 Å². The lowest BCUT2D eigenvalue weighted by Gasteiger charge is -2.34. The Labute approximate surface area is 108 Å². The Morgan fingerprint density at radius 3 is 2.59 bits per heavy atom. The van der Waals surface area contributed by atoms with E-state index in [-0.39, 0.29) is 0 Å². The van der Waals surface area contributed by atoms with Crippen LogP contribution in [0.4, 0.5) is 5.69 Å². The second kappa shape index (κ2) is 4.51. The van der Waals surface area contributed by atoms with Crippen LogP contribution in [0.5, 0.6) is 0 Å². The highest BCUT2D eigenvalue weighted by atomic mass is 35.5. The van der Waals surface area contributed by atoms with Crippen molar-refractivity contribution in [1.82, 2.24) is 0 Å². The molecule has 0 saturated carbocycles. The normalized spacial score (nSPS) is 27.5. The molecule has 3 rings (SSSR count). The van der Waals surface area contributed by atoms with Crippen molar-refractivity contribution in [1.29, 1.82) is 0 Å². The number of hydrogen-bond acceptors (Lipinski definition) is 2. The molecule has 2 unspecified atom stereocenters. The van der Waals surface area contributed by atoms with Crippen LogP contribution in [0, 0.1) is 6.92 Å². The van der Waals surface area contributed by atoms with Gasteiger partial charge < -0.3 is 9.64 Å². The Kier molecular flexibility index (Phi) is 3.01. The molecule has 2 bridgehead atoms. The molecule has 2 aliphatic heterocycles. The first-order chi connectivity index (χ1) is 8.26. The first-order valence-electron chi connectivity index (χ1n) is 6.32. The second-order valence-electron chi connectivity index (χ2n) is 5.12. The zero-order chi connectivity index (χ0) is 11.8. The van der Waals surface area contributed by atoms with Crippen molar-refractivity contribution >= 4 is 17.3 Å². The molecule has 0 spiro atoms. The third-order valence-corrected chi connectivity index (χ3v) is 4.11. The van der Waals surface area contributed by atoms with Crippen molar-refractivity contribution in [3.05, 3.63) is 29.3 Å². The number of fused-ring (bicyclic) bond motifs is 2. The van der Waals surface area contributed by atoms with Gasteiger partial charge >= 0.3 is 0 Å². The van der Waals surface area contributed by atoms with Crippen LogP contribution in [0.3, 0.4) is 0 Å². The third kappa shape index (κ3) is 2.16. The SMILES string of the molecule is Cc1cc(CCl)ccc1N1CC2CCC(C1)O2. The Hall–Kier alpha value is -0.730. The minimum Gasteiger partial charge on any atom is -0.371 e. The minimum atomic E-state index is 0.445. The van der Waals surface area contributed by atoms with E-state index in [9.17, 15) is 0 Å². The predicted octanol–water partition coefficient (Wildman–Crippen LogP) is 3.10. The van der Waals surface area contributed by atoms with Gasteiger partial charge in [0, 0.05) is 24.7 Å². The molecular weight excluding hydrogens is 234 g/mol. The zero-order valence-corrected chi connectivity index (χ0v) is 10.9. The third-order valence-electron chi connectivity index (χ3n) is 3.80. The summed E-state index contributed by atoms with van der Waals surface area (Å²) in [5.41, 5.74) is 3.87. The van der Waals surface area contributed by atoms with Crippen molar-refractivity contribution in [3.63, 3.8) is 0 Å². The first kappa shape index (κ1) is 11.4. The number of alkyl halides is 1. The number of benzene rings is 1. The average Bonchev–Trinajstić information content (AvgIpc) is 2.68. The molecule has 2 fully saturated rings. The summed E-state index contributed by atoms with van der Waals surface area (Å²) in [6.07, 6.45) is 3.33. The number of hydrogen-bond donors (Lipinski definition) is 0. The van der Waals surface area contributed by atoms with Crippen LogP contribution in [-0.2, 0) is 10.6 Å². The fraction of sp³-hybridized carbons (Fsp3) is 0.571. The van der Waals surface area contributed by atoms with Gasteiger partial charge in [-0.3, -0.25) is 0 Å². The summed E-state index contributed by atoms with van der Waals surface area (Å²) in [7, 11) is 0. The van der Waals surface area contributed by atoms with Gasteiger partial charge in [0.05, 0.1) is 12.2 Å². The summed E-state index contributed by atoms with van der Waals surface area (Å²) in [6, 6.07) is 6.53. The van der Waals surface area contributed by atoms with Crippen molar-refractivity contribution in [3.8, 4) is 0 Å². The smallest absolute Gasteiger partial charge is 0.0755 e. The van der Waals surface area contributed by atoms with E-state index in [1.807, 2.05) is 0 Å². The highest BCUT2D eigenvalue weighted by Crippen LogP contribution is 2.31. The lowest BCUT2D eigenvalue weighted by molar-refractivity contribution is 0.0304. The molecule has 1 aromatic carbocycles. The summed E-state index contributed by atoms with van der Waals surface area (Å²) in [4.78, 5) is 2.47. The molecule has 0 aliphatic carbocycles. The number of aryl methyl sites for hydroxylation is 1. The maximum Gasteiger partial charge on any atom is 0.0755 e. The number of rotatable bonds is 2. The molecule has 3 heteroatoms. The molecule has 92 valence electrons. The van der Waals surface area contributed by atoms with E-state index < -0.39 is 0 Å². The number of nitrogens with zero attached hydrogens (tertiary/aromatic N) is 1. The van der Waals surface area contributed by atoms with Crippen LogP contribution >= 0.6 is 11.6 Å². The minimum absolute atomic E-state index is 0.445. The Morgan fingerprint density at radius 1 is 1.29 bits per heavy atom. The van der Waals surface area contributed by atoms with Crippen molar-refractivity contribution in [2.45, 2.75) is 37.9 Å². The highest BCUT2D eigenvalue weighted by molar-refractivity contribution is 6.17. The van der Waals surface area contributed by atoms with Crippen LogP contribution in [0.2, 0.25) is 0 Å². The van der Waals surface area contributed by atoms with E-state index in [4.69, 9.17) is 16.3 Å². The van der Waals surface area contributed by atoms with Gasteiger partial charge in [0.2, 0.25) is 0 Å². The fourth-order valence-corrected chi connectivity index (χ4v) is 3.13. The van der Waals surface area contributed by atoms with E-state index in [2.05, 4.69) is 30.0 Å². The fourth-order valence-electron chi connectivity index (χ4n) is 2.97. The van der Waals surface area contributed by atoms with Crippen molar-refractivity contribution in [2.24, 2.45) is 0 Å². The lowest BCUT2D eigenvalue weighted by Crippen LogP contribution is -2.42. The molecule has 0 aromatic heterocycles. The van der Waals surface area contributed by atoms with Crippen LogP contribution in [-0.4, -0.2) is 25.3 Å². The average molecular weight is 252 g/mol. The van der Waals surface area contributed by atoms with Gasteiger partial charge in [-0.2, -0.15) is 0 Å². The van der Waals surface area contributed by atoms with Gasteiger partial charge in [0.15, 0.2) is 0 Å². The van der Waals surface area contributed by atoms with Crippen LogP contribution in [0.25, 0.3) is 0 Å². The maximum absolute atomic E-state index is 5.87. The van der Waals surface area contributed by atoms with E-state index in [0.717, 1.165) is 13.1 Å². The van der Waals surface area contributed by atoms with Gasteiger partial charge in [-0.15, -0.1) is 11.6 Å². The molecule has 2 saturated heterocycles. The van der Waals surface area contributed by atoms with E-state index >= 15 is 0 Å². The molecule has 0 radical (unpaired) electrons. The van der Waals surface area contributed by atoms with Crippen LogP contribution < -0.4 is 4.90 Å². The molecular formula is C14H18ClNO. The molecule has 17 heavy (non-hydrogen) atoms. The van der Waals surface area contributed by atoms with Gasteiger partial charge in [-0.25, -0.2) is 0 Å². The molecule has 1 aromatic rings. The number of halogens is 1. The molecule has 2 atom stereocenters. The van der Waals surface area contributed by atoms with Gasteiger partial charge in [-0.1, -0.05) is 12.1 Å². The van der Waals surface area contributed by atoms with E-state index in [1.54, 1.807) is 0 Å². The predicted molar refractivity (Wildman–Crippen MR) is 70.8 cm³/mol. The Morgan fingerprint density at radius 2 is 2.00 bits per heavy atom. The lowest BCUT2D eigenvalue weighted by atomic mass is 10.1. The topological polar surface area (TPSA) is 12.5 Å².